The van der Waals surface area contributed by atoms with Gasteiger partial charge in [-0.2, -0.15) is 0 Å². The van der Waals surface area contributed by atoms with E-state index in [0.29, 0.717) is 11.4 Å². The number of likely N-dealkylation sites (N-methyl/N-ethyl adjacent to an activating group) is 1. The molecule has 0 saturated heterocycles. The molecule has 148 valence electrons. The van der Waals surface area contributed by atoms with Gasteiger partial charge in [-0.3, -0.25) is 9.59 Å². The van der Waals surface area contributed by atoms with Gasteiger partial charge < -0.3 is 19.7 Å². The fraction of sp³-hybridized carbons (Fsp3) is 0.286. The van der Waals surface area contributed by atoms with Crippen LogP contribution in [0.15, 0.2) is 42.5 Å². The summed E-state index contributed by atoms with van der Waals surface area (Å²) in [5.41, 5.74) is 2.94. The molecule has 2 aromatic rings. The van der Waals surface area contributed by atoms with E-state index in [1.54, 1.807) is 18.2 Å². The molecule has 2 aromatic carbocycles. The number of rotatable bonds is 7. The zero-order valence-corrected chi connectivity index (χ0v) is 16.4. The van der Waals surface area contributed by atoms with E-state index in [2.05, 4.69) is 5.32 Å². The Labute approximate surface area is 164 Å². The molecule has 0 bridgehead atoms. The minimum absolute atomic E-state index is 0.150. The Morgan fingerprint density at radius 3 is 2.54 bits per heavy atom. The molecule has 0 radical (unpaired) electrons. The maximum absolute atomic E-state index is 12.2. The van der Waals surface area contributed by atoms with Gasteiger partial charge in [-0.05, 0) is 49.2 Å². The van der Waals surface area contributed by atoms with Crippen LogP contribution in [0.3, 0.4) is 0 Å². The lowest BCUT2D eigenvalue weighted by Crippen LogP contribution is -2.37. The van der Waals surface area contributed by atoms with E-state index in [1.807, 2.05) is 32.0 Å². The van der Waals surface area contributed by atoms with Crippen LogP contribution >= 0.6 is 0 Å². The molecule has 1 N–H and O–H groups in total. The van der Waals surface area contributed by atoms with Gasteiger partial charge in [-0.1, -0.05) is 18.2 Å². The lowest BCUT2D eigenvalue weighted by molar-refractivity contribution is -0.136. The Kier molecular flexibility index (Phi) is 7.14. The molecule has 2 amide bonds. The van der Waals surface area contributed by atoms with Crippen LogP contribution in [0.4, 0.5) is 5.69 Å². The molecule has 0 fully saturated rings. The summed E-state index contributed by atoms with van der Waals surface area (Å²) in [6, 6.07) is 12.2. The number of nitrogens with zero attached hydrogens (tertiary/aromatic N) is 1. The summed E-state index contributed by atoms with van der Waals surface area (Å²) in [4.78, 5) is 37.6. The Hall–Kier alpha value is -3.35. The standard InChI is InChI=1S/C21H24N2O5/c1-14-8-9-15(2)18(10-14)22-19(24)12-23(3)20(25)13-28-21(26)16-6-5-7-17(11-16)27-4/h5-11H,12-13H2,1-4H3,(H,22,24). The fourth-order valence-corrected chi connectivity index (χ4v) is 2.43. The number of methoxy groups -OCH3 is 1. The minimum Gasteiger partial charge on any atom is -0.497 e. The number of esters is 1. The number of benzene rings is 2. The van der Waals surface area contributed by atoms with Crippen LogP contribution in [0, 0.1) is 13.8 Å². The van der Waals surface area contributed by atoms with Crippen LogP contribution in [0.5, 0.6) is 5.75 Å². The van der Waals surface area contributed by atoms with E-state index >= 15 is 0 Å². The number of carbonyl (C=O) groups excluding carboxylic acids is 3. The molecule has 7 nitrogen and oxygen atoms in total. The second kappa shape index (κ2) is 9.55. The van der Waals surface area contributed by atoms with Gasteiger partial charge in [0.15, 0.2) is 6.61 Å². The molecule has 0 heterocycles. The lowest BCUT2D eigenvalue weighted by Gasteiger charge is -2.17. The summed E-state index contributed by atoms with van der Waals surface area (Å²) in [5.74, 6) is -0.933. The molecular formula is C21H24N2O5. The van der Waals surface area contributed by atoms with Crippen molar-refractivity contribution in [3.8, 4) is 5.75 Å². The van der Waals surface area contributed by atoms with E-state index < -0.39 is 18.5 Å². The topological polar surface area (TPSA) is 84.9 Å². The van der Waals surface area contributed by atoms with Crippen molar-refractivity contribution in [2.24, 2.45) is 0 Å². The van der Waals surface area contributed by atoms with Crippen molar-refractivity contribution in [3.63, 3.8) is 0 Å². The molecule has 2 rings (SSSR count). The summed E-state index contributed by atoms with van der Waals surface area (Å²) in [6.45, 7) is 3.22. The third-order valence-electron chi connectivity index (χ3n) is 4.11. The van der Waals surface area contributed by atoms with E-state index in [-0.39, 0.29) is 18.0 Å². The number of hydrogen-bond acceptors (Lipinski definition) is 5. The largest absolute Gasteiger partial charge is 0.497 e. The molecule has 28 heavy (non-hydrogen) atoms. The van der Waals surface area contributed by atoms with Gasteiger partial charge >= 0.3 is 5.97 Å². The van der Waals surface area contributed by atoms with Gasteiger partial charge in [0, 0.05) is 12.7 Å². The van der Waals surface area contributed by atoms with Crippen LogP contribution in [0.25, 0.3) is 0 Å². The van der Waals surface area contributed by atoms with Crippen molar-refractivity contribution in [1.82, 2.24) is 4.90 Å². The highest BCUT2D eigenvalue weighted by atomic mass is 16.5. The summed E-state index contributed by atoms with van der Waals surface area (Å²) in [7, 11) is 2.97. The van der Waals surface area contributed by atoms with Gasteiger partial charge in [0.25, 0.3) is 5.91 Å². The normalized spacial score (nSPS) is 10.1. The smallest absolute Gasteiger partial charge is 0.338 e. The predicted octanol–water partition coefficient (Wildman–Crippen LogP) is 2.57. The first-order valence-corrected chi connectivity index (χ1v) is 8.72. The lowest BCUT2D eigenvalue weighted by atomic mass is 10.1. The van der Waals surface area contributed by atoms with E-state index in [0.717, 1.165) is 11.1 Å². The van der Waals surface area contributed by atoms with Crippen LogP contribution in [-0.2, 0) is 14.3 Å². The van der Waals surface area contributed by atoms with Crippen molar-refractivity contribution >= 4 is 23.5 Å². The first kappa shape index (κ1) is 21.0. The molecule has 0 saturated carbocycles. The number of nitrogens with one attached hydrogen (secondary N) is 1. The third-order valence-corrected chi connectivity index (χ3v) is 4.11. The summed E-state index contributed by atoms with van der Waals surface area (Å²) in [6.07, 6.45) is 0. The van der Waals surface area contributed by atoms with E-state index in [9.17, 15) is 14.4 Å². The fourth-order valence-electron chi connectivity index (χ4n) is 2.43. The van der Waals surface area contributed by atoms with Gasteiger partial charge in [0.1, 0.15) is 5.75 Å². The number of carbonyl (C=O) groups is 3. The van der Waals surface area contributed by atoms with Gasteiger partial charge in [-0.25, -0.2) is 4.79 Å². The third kappa shape index (κ3) is 5.84. The van der Waals surface area contributed by atoms with Crippen molar-refractivity contribution in [1.29, 1.82) is 0 Å². The second-order valence-corrected chi connectivity index (χ2v) is 6.42. The Balaban J connectivity index is 1.85. The summed E-state index contributed by atoms with van der Waals surface area (Å²) >= 11 is 0. The number of ether oxygens (including phenoxy) is 2. The van der Waals surface area contributed by atoms with Gasteiger partial charge in [-0.15, -0.1) is 0 Å². The first-order chi connectivity index (χ1) is 13.3. The van der Waals surface area contributed by atoms with Crippen molar-refractivity contribution in [2.45, 2.75) is 13.8 Å². The average molecular weight is 384 g/mol. The van der Waals surface area contributed by atoms with Gasteiger partial charge in [0.2, 0.25) is 5.91 Å². The minimum atomic E-state index is -0.638. The molecule has 0 aliphatic carbocycles. The number of amides is 2. The highest BCUT2D eigenvalue weighted by molar-refractivity contribution is 5.96. The Morgan fingerprint density at radius 2 is 1.82 bits per heavy atom. The highest BCUT2D eigenvalue weighted by Gasteiger charge is 2.17. The molecule has 7 heteroatoms. The molecule has 0 unspecified atom stereocenters. The van der Waals surface area contributed by atoms with Crippen molar-refractivity contribution < 1.29 is 23.9 Å². The van der Waals surface area contributed by atoms with Crippen molar-refractivity contribution in [2.75, 3.05) is 32.6 Å². The van der Waals surface area contributed by atoms with Gasteiger partial charge in [0.05, 0.1) is 19.2 Å². The van der Waals surface area contributed by atoms with E-state index in [4.69, 9.17) is 9.47 Å². The highest BCUT2D eigenvalue weighted by Crippen LogP contribution is 2.16. The SMILES string of the molecule is COc1cccc(C(=O)OCC(=O)N(C)CC(=O)Nc2cc(C)ccc2C)c1. The molecular weight excluding hydrogens is 360 g/mol. The molecule has 0 aliphatic rings. The molecule has 0 aliphatic heterocycles. The van der Waals surface area contributed by atoms with Crippen LogP contribution in [0.2, 0.25) is 0 Å². The van der Waals surface area contributed by atoms with Crippen LogP contribution in [0.1, 0.15) is 21.5 Å². The number of anilines is 1. The maximum atomic E-state index is 12.2. The molecule has 0 aromatic heterocycles. The molecule has 0 atom stereocenters. The zero-order valence-electron chi connectivity index (χ0n) is 16.4. The monoisotopic (exact) mass is 384 g/mol. The maximum Gasteiger partial charge on any atom is 0.338 e. The Bertz CT molecular complexity index is 879. The quantitative estimate of drug-likeness (QED) is 0.742. The average Bonchev–Trinajstić information content (AvgIpc) is 2.68. The van der Waals surface area contributed by atoms with Crippen molar-refractivity contribution in [3.05, 3.63) is 59.2 Å². The molecule has 0 spiro atoms. The number of aryl methyl sites for hydroxylation is 2. The zero-order chi connectivity index (χ0) is 20.7. The van der Waals surface area contributed by atoms with E-state index in [1.165, 1.54) is 25.1 Å². The summed E-state index contributed by atoms with van der Waals surface area (Å²) < 4.78 is 10.1. The number of hydrogen-bond donors (Lipinski definition) is 1. The second-order valence-electron chi connectivity index (χ2n) is 6.42. The van der Waals surface area contributed by atoms with Crippen LogP contribution in [-0.4, -0.2) is 50.0 Å². The predicted molar refractivity (Wildman–Crippen MR) is 105 cm³/mol. The first-order valence-electron chi connectivity index (χ1n) is 8.72. The summed E-state index contributed by atoms with van der Waals surface area (Å²) in [5, 5.41) is 2.79. The Morgan fingerprint density at radius 1 is 1.07 bits per heavy atom. The van der Waals surface area contributed by atoms with Crippen LogP contribution < -0.4 is 10.1 Å².